The Morgan fingerprint density at radius 3 is 2.50 bits per heavy atom. The van der Waals surface area contributed by atoms with Crippen molar-refractivity contribution in [3.05, 3.63) is 122 Å². The molecule has 0 aliphatic carbocycles. The molecule has 0 atom stereocenters. The third kappa shape index (κ3) is 6.06. The van der Waals surface area contributed by atoms with Crippen LogP contribution in [0.5, 0.6) is 11.5 Å². The summed E-state index contributed by atoms with van der Waals surface area (Å²) in [5, 5.41) is 5.38. The number of para-hydroxylation sites is 1. The lowest BCUT2D eigenvalue weighted by molar-refractivity contribution is 0.300. The molecule has 0 bridgehead atoms. The van der Waals surface area contributed by atoms with Gasteiger partial charge < -0.3 is 9.47 Å². The molecular formula is C34H31ClFN3O3. The Hall–Kier alpha value is -4.49. The Morgan fingerprint density at radius 1 is 1.00 bits per heavy atom. The smallest absolute Gasteiger partial charge is 0.282 e. The Morgan fingerprint density at radius 2 is 1.76 bits per heavy atom. The summed E-state index contributed by atoms with van der Waals surface area (Å²) in [4.78, 5) is 18.6. The summed E-state index contributed by atoms with van der Waals surface area (Å²) in [6, 6.07) is 22.8. The number of hydrogen-bond donors (Lipinski definition) is 0. The highest BCUT2D eigenvalue weighted by atomic mass is 35.5. The molecule has 4 aromatic carbocycles. The number of ether oxygens (including phenoxy) is 2. The van der Waals surface area contributed by atoms with Gasteiger partial charge in [0.25, 0.3) is 5.56 Å². The van der Waals surface area contributed by atoms with E-state index in [1.165, 1.54) is 10.7 Å². The minimum atomic E-state index is -0.342. The molecule has 6 nitrogen and oxygen atoms in total. The molecule has 0 N–H and O–H groups in total. The van der Waals surface area contributed by atoms with Crippen molar-refractivity contribution in [2.24, 2.45) is 5.10 Å². The first-order valence-corrected chi connectivity index (χ1v) is 14.1. The number of aryl methyl sites for hydroxylation is 1. The fourth-order valence-electron chi connectivity index (χ4n) is 4.69. The fourth-order valence-corrected chi connectivity index (χ4v) is 4.93. The summed E-state index contributed by atoms with van der Waals surface area (Å²) in [5.41, 5.74) is 4.10. The molecule has 1 heterocycles. The van der Waals surface area contributed by atoms with E-state index in [9.17, 15) is 9.18 Å². The molecule has 8 heteroatoms. The van der Waals surface area contributed by atoms with E-state index in [4.69, 9.17) is 26.1 Å². The summed E-state index contributed by atoms with van der Waals surface area (Å²) < 4.78 is 27.0. The lowest BCUT2D eigenvalue weighted by atomic mass is 9.96. The minimum Gasteiger partial charge on any atom is -0.494 e. The average Bonchev–Trinajstić information content (AvgIpc) is 2.97. The van der Waals surface area contributed by atoms with Gasteiger partial charge in [0.15, 0.2) is 5.82 Å². The molecule has 1 aromatic heterocycles. The van der Waals surface area contributed by atoms with Crippen LogP contribution in [0.3, 0.4) is 0 Å². The number of benzene rings is 4. The molecule has 0 saturated carbocycles. The largest absolute Gasteiger partial charge is 0.494 e. The molecule has 0 fully saturated rings. The van der Waals surface area contributed by atoms with Crippen molar-refractivity contribution < 1.29 is 13.9 Å². The maximum absolute atomic E-state index is 14.0. The lowest BCUT2D eigenvalue weighted by Crippen LogP contribution is -2.20. The van der Waals surface area contributed by atoms with Crippen LogP contribution < -0.4 is 15.0 Å². The van der Waals surface area contributed by atoms with E-state index in [1.54, 1.807) is 54.7 Å². The Kier molecular flexibility index (Phi) is 8.69. The van der Waals surface area contributed by atoms with Crippen molar-refractivity contribution in [2.45, 2.75) is 40.2 Å². The molecular weight excluding hydrogens is 553 g/mol. The number of rotatable bonds is 9. The van der Waals surface area contributed by atoms with E-state index in [0.717, 1.165) is 22.4 Å². The van der Waals surface area contributed by atoms with Crippen LogP contribution in [-0.4, -0.2) is 22.5 Å². The van der Waals surface area contributed by atoms with Gasteiger partial charge in [0.1, 0.15) is 23.9 Å². The summed E-state index contributed by atoms with van der Waals surface area (Å²) >= 11 is 6.49. The highest BCUT2D eigenvalue weighted by molar-refractivity contribution is 6.32. The first-order valence-electron chi connectivity index (χ1n) is 13.8. The zero-order valence-electron chi connectivity index (χ0n) is 23.9. The van der Waals surface area contributed by atoms with E-state index < -0.39 is 0 Å². The maximum atomic E-state index is 14.0. The van der Waals surface area contributed by atoms with Gasteiger partial charge in [-0.3, -0.25) is 4.79 Å². The molecule has 5 aromatic rings. The van der Waals surface area contributed by atoms with Gasteiger partial charge in [-0.2, -0.15) is 9.78 Å². The molecule has 0 amide bonds. The van der Waals surface area contributed by atoms with Gasteiger partial charge in [0, 0.05) is 11.1 Å². The standard InChI is InChI=1S/C34H31ClFN3O3/c1-5-41-32-16-22(4)27(18-26(32)21(2)3)33-38-30-13-9-7-11-25(30)34(40)39(33)37-19-23-14-15-31(28(35)17-23)42-20-24-10-6-8-12-29(24)36/h6-19,21H,5,20H2,1-4H3. The Balaban J connectivity index is 1.54. The monoisotopic (exact) mass is 583 g/mol. The van der Waals surface area contributed by atoms with Crippen molar-refractivity contribution in [3.63, 3.8) is 0 Å². The SMILES string of the molecule is CCOc1cc(C)c(-c2nc3ccccc3c(=O)n2N=Cc2ccc(OCc3ccccc3F)c(Cl)c2)cc1C(C)C. The number of hydrogen-bond acceptors (Lipinski definition) is 5. The second-order valence-electron chi connectivity index (χ2n) is 10.2. The highest BCUT2D eigenvalue weighted by Crippen LogP contribution is 2.34. The average molecular weight is 584 g/mol. The van der Waals surface area contributed by atoms with Crippen LogP contribution in [0.2, 0.25) is 5.02 Å². The molecule has 0 unspecified atom stereocenters. The Bertz CT molecular complexity index is 1850. The normalized spacial score (nSPS) is 11.5. The number of aromatic nitrogens is 2. The zero-order valence-corrected chi connectivity index (χ0v) is 24.7. The lowest BCUT2D eigenvalue weighted by Gasteiger charge is -2.18. The summed E-state index contributed by atoms with van der Waals surface area (Å²) in [6.45, 7) is 8.72. The van der Waals surface area contributed by atoms with Gasteiger partial charge >= 0.3 is 0 Å². The predicted molar refractivity (Wildman–Crippen MR) is 167 cm³/mol. The predicted octanol–water partition coefficient (Wildman–Crippen LogP) is 8.15. The van der Waals surface area contributed by atoms with Crippen LogP contribution in [-0.2, 0) is 6.61 Å². The summed E-state index contributed by atoms with van der Waals surface area (Å²) in [6.07, 6.45) is 1.56. The molecule has 0 saturated heterocycles. The van der Waals surface area contributed by atoms with E-state index in [2.05, 4.69) is 18.9 Å². The van der Waals surface area contributed by atoms with E-state index in [-0.39, 0.29) is 23.9 Å². The van der Waals surface area contributed by atoms with Gasteiger partial charge in [-0.1, -0.05) is 55.8 Å². The number of nitrogens with zero attached hydrogens (tertiary/aromatic N) is 3. The van der Waals surface area contributed by atoms with Crippen molar-refractivity contribution >= 4 is 28.7 Å². The number of fused-ring (bicyclic) bond motifs is 1. The number of halogens is 2. The van der Waals surface area contributed by atoms with Crippen molar-refractivity contribution in [1.29, 1.82) is 0 Å². The molecule has 0 aliphatic heterocycles. The van der Waals surface area contributed by atoms with Crippen LogP contribution in [0.15, 0.2) is 88.8 Å². The van der Waals surface area contributed by atoms with Crippen molar-refractivity contribution in [3.8, 4) is 22.9 Å². The van der Waals surface area contributed by atoms with E-state index in [0.29, 0.717) is 45.2 Å². The third-order valence-electron chi connectivity index (χ3n) is 6.89. The molecule has 0 radical (unpaired) electrons. The molecule has 0 spiro atoms. The van der Waals surface area contributed by atoms with Crippen LogP contribution in [0, 0.1) is 12.7 Å². The van der Waals surface area contributed by atoms with Gasteiger partial charge in [-0.15, -0.1) is 0 Å². The van der Waals surface area contributed by atoms with Gasteiger partial charge in [-0.05, 0) is 85.0 Å². The first kappa shape index (κ1) is 29.0. The van der Waals surface area contributed by atoms with Gasteiger partial charge in [0.05, 0.1) is 28.7 Å². The third-order valence-corrected chi connectivity index (χ3v) is 7.19. The van der Waals surface area contributed by atoms with Crippen LogP contribution in [0.4, 0.5) is 4.39 Å². The van der Waals surface area contributed by atoms with Crippen LogP contribution >= 0.6 is 11.6 Å². The van der Waals surface area contributed by atoms with Crippen LogP contribution in [0.1, 0.15) is 48.9 Å². The van der Waals surface area contributed by atoms with Crippen LogP contribution in [0.25, 0.3) is 22.3 Å². The second-order valence-corrected chi connectivity index (χ2v) is 10.6. The Labute approximate surface area is 249 Å². The minimum absolute atomic E-state index is 0.0428. The van der Waals surface area contributed by atoms with E-state index >= 15 is 0 Å². The summed E-state index contributed by atoms with van der Waals surface area (Å²) in [7, 11) is 0. The maximum Gasteiger partial charge on any atom is 0.282 e. The first-order chi connectivity index (χ1) is 20.3. The zero-order chi connectivity index (χ0) is 29.8. The highest BCUT2D eigenvalue weighted by Gasteiger charge is 2.18. The summed E-state index contributed by atoms with van der Waals surface area (Å²) in [5.74, 6) is 1.50. The molecule has 214 valence electrons. The van der Waals surface area contributed by atoms with Crippen molar-refractivity contribution in [1.82, 2.24) is 9.66 Å². The quantitative estimate of drug-likeness (QED) is 0.164. The fraction of sp³-hybridized carbons (Fsp3) is 0.206. The van der Waals surface area contributed by atoms with Crippen molar-refractivity contribution in [2.75, 3.05) is 6.61 Å². The van der Waals surface area contributed by atoms with Gasteiger partial charge in [-0.25, -0.2) is 9.37 Å². The topological polar surface area (TPSA) is 65.7 Å². The molecule has 42 heavy (non-hydrogen) atoms. The van der Waals surface area contributed by atoms with E-state index in [1.807, 2.05) is 38.1 Å². The molecule has 0 aliphatic rings. The molecule has 5 rings (SSSR count). The van der Waals surface area contributed by atoms with Gasteiger partial charge in [0.2, 0.25) is 0 Å². The second kappa shape index (κ2) is 12.6.